The van der Waals surface area contributed by atoms with Gasteiger partial charge in [0.15, 0.2) is 5.13 Å². The van der Waals surface area contributed by atoms with Gasteiger partial charge in [0.1, 0.15) is 0 Å². The Balaban J connectivity index is 1.88. The van der Waals surface area contributed by atoms with E-state index in [0.29, 0.717) is 22.1 Å². The number of nitro groups is 1. The van der Waals surface area contributed by atoms with Gasteiger partial charge in [-0.3, -0.25) is 10.1 Å². The molecule has 2 N–H and O–H groups in total. The molecule has 0 atom stereocenters. The summed E-state index contributed by atoms with van der Waals surface area (Å²) < 4.78 is 0. The van der Waals surface area contributed by atoms with Crippen molar-refractivity contribution in [2.45, 2.75) is 0 Å². The Hall–Kier alpha value is -3.26. The average molecular weight is 341 g/mol. The van der Waals surface area contributed by atoms with Crippen molar-refractivity contribution in [3.63, 3.8) is 0 Å². The van der Waals surface area contributed by atoms with E-state index in [-0.39, 0.29) is 11.3 Å². The molecule has 3 rings (SSSR count). The molecular weight excluding hydrogens is 330 g/mol. The minimum absolute atomic E-state index is 0.00812. The zero-order chi connectivity index (χ0) is 17.1. The molecule has 0 fully saturated rings. The highest BCUT2D eigenvalue weighted by molar-refractivity contribution is 7.14. The monoisotopic (exact) mass is 341 g/mol. The number of carboxylic acid groups (broad SMARTS) is 1. The summed E-state index contributed by atoms with van der Waals surface area (Å²) in [5, 5.41) is 25.3. The van der Waals surface area contributed by atoms with Gasteiger partial charge in [-0.1, -0.05) is 24.3 Å². The van der Waals surface area contributed by atoms with E-state index in [1.807, 2.05) is 0 Å². The number of para-hydroxylation sites is 1. The number of nitrogens with one attached hydrogen (secondary N) is 1. The Morgan fingerprint density at radius 3 is 2.75 bits per heavy atom. The molecule has 0 bridgehead atoms. The summed E-state index contributed by atoms with van der Waals surface area (Å²) in [5.41, 5.74) is 1.78. The lowest BCUT2D eigenvalue weighted by molar-refractivity contribution is -0.384. The van der Waals surface area contributed by atoms with Crippen LogP contribution in [-0.2, 0) is 0 Å². The fourth-order valence-corrected chi connectivity index (χ4v) is 2.87. The molecule has 1 aromatic heterocycles. The van der Waals surface area contributed by atoms with Gasteiger partial charge in [0.25, 0.3) is 5.69 Å². The molecule has 24 heavy (non-hydrogen) atoms. The van der Waals surface area contributed by atoms with Gasteiger partial charge >= 0.3 is 5.97 Å². The summed E-state index contributed by atoms with van der Waals surface area (Å²) in [5.74, 6) is -1.03. The number of nitrogens with zero attached hydrogens (tertiary/aromatic N) is 2. The predicted octanol–water partition coefficient (Wildman–Crippen LogP) is 4.16. The van der Waals surface area contributed by atoms with Crippen LogP contribution >= 0.6 is 11.3 Å². The number of thiazole rings is 1. The molecule has 3 aromatic rings. The maximum atomic E-state index is 11.2. The number of aromatic carboxylic acids is 1. The van der Waals surface area contributed by atoms with E-state index >= 15 is 0 Å². The van der Waals surface area contributed by atoms with Crippen LogP contribution in [-0.4, -0.2) is 21.0 Å². The topological polar surface area (TPSA) is 105 Å². The predicted molar refractivity (Wildman–Crippen MR) is 90.9 cm³/mol. The number of anilines is 2. The van der Waals surface area contributed by atoms with Crippen molar-refractivity contribution < 1.29 is 14.8 Å². The van der Waals surface area contributed by atoms with E-state index in [1.54, 1.807) is 35.7 Å². The van der Waals surface area contributed by atoms with Crippen molar-refractivity contribution in [2.75, 3.05) is 5.32 Å². The number of carbonyl (C=O) groups is 1. The zero-order valence-electron chi connectivity index (χ0n) is 12.2. The number of aromatic nitrogens is 1. The van der Waals surface area contributed by atoms with Crippen LogP contribution in [0.25, 0.3) is 11.3 Å². The standard InChI is InChI=1S/C16H11N3O4S/c20-15(21)12-6-1-2-7-13(12)17-16-18-14(9-24-16)10-4-3-5-11(8-10)19(22)23/h1-9H,(H,17,18)(H,20,21). The van der Waals surface area contributed by atoms with Crippen LogP contribution < -0.4 is 5.32 Å². The second-order valence-corrected chi connectivity index (χ2v) is 5.68. The van der Waals surface area contributed by atoms with Gasteiger partial charge < -0.3 is 10.4 Å². The van der Waals surface area contributed by atoms with Crippen molar-refractivity contribution >= 4 is 33.8 Å². The smallest absolute Gasteiger partial charge is 0.337 e. The first-order valence-corrected chi connectivity index (χ1v) is 7.72. The summed E-state index contributed by atoms with van der Waals surface area (Å²) in [7, 11) is 0. The lowest BCUT2D eigenvalue weighted by Crippen LogP contribution is -2.02. The minimum atomic E-state index is -1.03. The Kier molecular flexibility index (Phi) is 4.21. The first-order valence-electron chi connectivity index (χ1n) is 6.84. The van der Waals surface area contributed by atoms with E-state index in [9.17, 15) is 20.0 Å². The van der Waals surface area contributed by atoms with Gasteiger partial charge in [-0.15, -0.1) is 11.3 Å². The van der Waals surface area contributed by atoms with Gasteiger partial charge in [0.2, 0.25) is 0 Å². The van der Waals surface area contributed by atoms with Crippen LogP contribution in [0.4, 0.5) is 16.5 Å². The zero-order valence-corrected chi connectivity index (χ0v) is 13.0. The molecule has 7 nitrogen and oxygen atoms in total. The Morgan fingerprint density at radius 2 is 2.00 bits per heavy atom. The maximum Gasteiger partial charge on any atom is 0.337 e. The molecule has 0 aliphatic heterocycles. The molecule has 1 heterocycles. The third-order valence-corrected chi connectivity index (χ3v) is 4.01. The quantitative estimate of drug-likeness (QED) is 0.533. The minimum Gasteiger partial charge on any atom is -0.478 e. The molecule has 0 aliphatic carbocycles. The van der Waals surface area contributed by atoms with Gasteiger partial charge in [-0.25, -0.2) is 9.78 Å². The Labute approximate surface area is 140 Å². The number of rotatable bonds is 5. The molecule has 0 radical (unpaired) electrons. The highest BCUT2D eigenvalue weighted by atomic mass is 32.1. The van der Waals surface area contributed by atoms with Crippen LogP contribution in [0.2, 0.25) is 0 Å². The molecule has 2 aromatic carbocycles. The van der Waals surface area contributed by atoms with Crippen molar-refractivity contribution in [3.05, 3.63) is 69.6 Å². The lowest BCUT2D eigenvalue weighted by atomic mass is 10.1. The number of carboxylic acids is 1. The lowest BCUT2D eigenvalue weighted by Gasteiger charge is -2.06. The number of hydrogen-bond donors (Lipinski definition) is 2. The van der Waals surface area contributed by atoms with E-state index in [0.717, 1.165) is 0 Å². The largest absolute Gasteiger partial charge is 0.478 e. The summed E-state index contributed by atoms with van der Waals surface area (Å²) >= 11 is 1.29. The molecule has 0 aliphatic rings. The fourth-order valence-electron chi connectivity index (χ4n) is 2.14. The van der Waals surface area contributed by atoms with E-state index in [4.69, 9.17) is 0 Å². The van der Waals surface area contributed by atoms with Crippen LogP contribution in [0, 0.1) is 10.1 Å². The number of nitro benzene ring substituents is 1. The summed E-state index contributed by atoms with van der Waals surface area (Å²) in [4.78, 5) is 26.0. The molecular formula is C16H11N3O4S. The van der Waals surface area contributed by atoms with Crippen LogP contribution in [0.3, 0.4) is 0 Å². The summed E-state index contributed by atoms with van der Waals surface area (Å²) in [6, 6.07) is 12.7. The molecule has 0 spiro atoms. The normalized spacial score (nSPS) is 10.3. The Morgan fingerprint density at radius 1 is 1.21 bits per heavy atom. The van der Waals surface area contributed by atoms with Gasteiger partial charge in [0.05, 0.1) is 21.9 Å². The Bertz CT molecular complexity index is 923. The van der Waals surface area contributed by atoms with Crippen molar-refractivity contribution in [2.24, 2.45) is 0 Å². The number of benzene rings is 2. The third kappa shape index (κ3) is 3.23. The van der Waals surface area contributed by atoms with E-state index in [1.165, 1.54) is 29.5 Å². The molecule has 8 heteroatoms. The van der Waals surface area contributed by atoms with Crippen LogP contribution in [0.1, 0.15) is 10.4 Å². The van der Waals surface area contributed by atoms with Gasteiger partial charge in [-0.05, 0) is 12.1 Å². The van der Waals surface area contributed by atoms with Crippen molar-refractivity contribution in [3.8, 4) is 11.3 Å². The fraction of sp³-hybridized carbons (Fsp3) is 0. The second kappa shape index (κ2) is 6.47. The molecule has 120 valence electrons. The first kappa shape index (κ1) is 15.6. The molecule has 0 unspecified atom stereocenters. The SMILES string of the molecule is O=C(O)c1ccccc1Nc1nc(-c2cccc([N+](=O)[O-])c2)cs1. The average Bonchev–Trinajstić information content (AvgIpc) is 3.04. The number of hydrogen-bond acceptors (Lipinski definition) is 6. The number of non-ortho nitro benzene ring substituents is 1. The van der Waals surface area contributed by atoms with Gasteiger partial charge in [-0.2, -0.15) is 0 Å². The highest BCUT2D eigenvalue weighted by Crippen LogP contribution is 2.29. The van der Waals surface area contributed by atoms with Crippen molar-refractivity contribution in [1.82, 2.24) is 4.98 Å². The second-order valence-electron chi connectivity index (χ2n) is 4.82. The third-order valence-electron chi connectivity index (χ3n) is 3.26. The molecule has 0 saturated heterocycles. The van der Waals surface area contributed by atoms with E-state index < -0.39 is 10.9 Å². The van der Waals surface area contributed by atoms with Gasteiger partial charge in [0, 0.05) is 23.1 Å². The molecule has 0 saturated carbocycles. The molecule has 0 amide bonds. The summed E-state index contributed by atoms with van der Waals surface area (Å²) in [6.45, 7) is 0. The van der Waals surface area contributed by atoms with Crippen LogP contribution in [0.5, 0.6) is 0 Å². The summed E-state index contributed by atoms with van der Waals surface area (Å²) in [6.07, 6.45) is 0. The van der Waals surface area contributed by atoms with E-state index in [2.05, 4.69) is 10.3 Å². The van der Waals surface area contributed by atoms with Crippen molar-refractivity contribution in [1.29, 1.82) is 0 Å². The first-order chi connectivity index (χ1) is 11.5. The van der Waals surface area contributed by atoms with Crippen LogP contribution in [0.15, 0.2) is 53.9 Å². The highest BCUT2D eigenvalue weighted by Gasteiger charge is 2.13. The maximum absolute atomic E-state index is 11.2.